The molecule has 1 aromatic heterocycles. The van der Waals surface area contributed by atoms with Gasteiger partial charge >= 0.3 is 0 Å². The van der Waals surface area contributed by atoms with Crippen LogP contribution >= 0.6 is 11.3 Å². The van der Waals surface area contributed by atoms with Crippen LogP contribution in [0.4, 0.5) is 0 Å². The van der Waals surface area contributed by atoms with Crippen LogP contribution in [0.15, 0.2) is 41.1 Å². The topological polar surface area (TPSA) is 30.5 Å². The Morgan fingerprint density at radius 1 is 1.30 bits per heavy atom. The zero-order valence-corrected chi connectivity index (χ0v) is 12.4. The quantitative estimate of drug-likeness (QED) is 0.911. The van der Waals surface area contributed by atoms with Gasteiger partial charge < -0.3 is 14.8 Å². The van der Waals surface area contributed by atoms with Gasteiger partial charge in [0.2, 0.25) is 0 Å². The van der Waals surface area contributed by atoms with E-state index in [0.29, 0.717) is 6.61 Å². The summed E-state index contributed by atoms with van der Waals surface area (Å²) in [7, 11) is 0. The van der Waals surface area contributed by atoms with E-state index >= 15 is 0 Å². The smallest absolute Gasteiger partial charge is 0.161 e. The van der Waals surface area contributed by atoms with Crippen LogP contribution in [-0.4, -0.2) is 19.3 Å². The average molecular weight is 289 g/mol. The van der Waals surface area contributed by atoms with Crippen molar-refractivity contribution in [2.75, 3.05) is 13.2 Å². The molecule has 0 saturated carbocycles. The lowest BCUT2D eigenvalue weighted by molar-refractivity contribution is 0.0618. The summed E-state index contributed by atoms with van der Waals surface area (Å²) >= 11 is 1.71. The molecule has 0 radical (unpaired) electrons. The molecule has 3 nitrogen and oxygen atoms in total. The lowest BCUT2D eigenvalue weighted by Gasteiger charge is -2.32. The van der Waals surface area contributed by atoms with Gasteiger partial charge in [0, 0.05) is 0 Å². The molecular weight excluding hydrogens is 270 g/mol. The zero-order chi connectivity index (χ0) is 13.8. The Balaban J connectivity index is 1.79. The fourth-order valence-electron chi connectivity index (χ4n) is 2.42. The van der Waals surface area contributed by atoms with E-state index in [1.165, 1.54) is 5.56 Å². The molecule has 2 heterocycles. The van der Waals surface area contributed by atoms with Crippen LogP contribution in [-0.2, 0) is 0 Å². The highest BCUT2D eigenvalue weighted by Gasteiger charge is 2.29. The largest absolute Gasteiger partial charge is 0.486 e. The van der Waals surface area contributed by atoms with Gasteiger partial charge in [-0.15, -0.1) is 0 Å². The highest BCUT2D eigenvalue weighted by molar-refractivity contribution is 7.07. The lowest BCUT2D eigenvalue weighted by atomic mass is 10.0. The van der Waals surface area contributed by atoms with E-state index in [4.69, 9.17) is 9.47 Å². The van der Waals surface area contributed by atoms with Gasteiger partial charge in [0.15, 0.2) is 17.6 Å². The molecule has 0 amide bonds. The van der Waals surface area contributed by atoms with Gasteiger partial charge in [-0.1, -0.05) is 19.1 Å². The van der Waals surface area contributed by atoms with Crippen molar-refractivity contribution < 1.29 is 9.47 Å². The van der Waals surface area contributed by atoms with Gasteiger partial charge in [0.05, 0.1) is 6.04 Å². The van der Waals surface area contributed by atoms with Crippen LogP contribution in [0, 0.1) is 0 Å². The predicted octanol–water partition coefficient (Wildman–Crippen LogP) is 3.63. The van der Waals surface area contributed by atoms with E-state index < -0.39 is 0 Å². The summed E-state index contributed by atoms with van der Waals surface area (Å²) < 4.78 is 12.0. The van der Waals surface area contributed by atoms with Crippen molar-refractivity contribution in [1.29, 1.82) is 0 Å². The van der Waals surface area contributed by atoms with Crippen molar-refractivity contribution in [3.8, 4) is 11.5 Å². The third kappa shape index (κ3) is 2.81. The summed E-state index contributed by atoms with van der Waals surface area (Å²) in [6.45, 7) is 3.72. The summed E-state index contributed by atoms with van der Waals surface area (Å²) in [5.41, 5.74) is 1.27. The first kappa shape index (κ1) is 13.5. The lowest BCUT2D eigenvalue weighted by Crippen LogP contribution is -2.41. The first-order valence-electron chi connectivity index (χ1n) is 7.02. The van der Waals surface area contributed by atoms with Crippen molar-refractivity contribution in [1.82, 2.24) is 5.32 Å². The van der Waals surface area contributed by atoms with Gasteiger partial charge in [-0.25, -0.2) is 0 Å². The molecule has 0 spiro atoms. The summed E-state index contributed by atoms with van der Waals surface area (Å²) in [6.07, 6.45) is 1.11. The normalized spacial score (nSPS) is 18.8. The Hall–Kier alpha value is -1.52. The number of benzene rings is 1. The molecule has 2 aromatic rings. The van der Waals surface area contributed by atoms with Crippen LogP contribution in [0.25, 0.3) is 0 Å². The molecule has 2 unspecified atom stereocenters. The van der Waals surface area contributed by atoms with Gasteiger partial charge in [-0.3, -0.25) is 0 Å². The molecule has 0 fully saturated rings. The zero-order valence-electron chi connectivity index (χ0n) is 11.5. The number of para-hydroxylation sites is 2. The Labute approximate surface area is 123 Å². The summed E-state index contributed by atoms with van der Waals surface area (Å²) in [4.78, 5) is 0. The maximum absolute atomic E-state index is 6.13. The maximum atomic E-state index is 6.13. The third-order valence-electron chi connectivity index (χ3n) is 3.42. The number of hydrogen-bond donors (Lipinski definition) is 1. The summed E-state index contributed by atoms with van der Waals surface area (Å²) in [6, 6.07) is 10.2. The fourth-order valence-corrected chi connectivity index (χ4v) is 3.11. The predicted molar refractivity (Wildman–Crippen MR) is 81.7 cm³/mol. The number of thiophene rings is 1. The molecule has 1 aliphatic heterocycles. The molecule has 20 heavy (non-hydrogen) atoms. The minimum Gasteiger partial charge on any atom is -0.486 e. The van der Waals surface area contributed by atoms with E-state index in [9.17, 15) is 0 Å². The number of rotatable bonds is 5. The highest BCUT2D eigenvalue weighted by atomic mass is 32.1. The van der Waals surface area contributed by atoms with Gasteiger partial charge in [0.25, 0.3) is 0 Å². The molecular formula is C16H19NO2S. The van der Waals surface area contributed by atoms with Gasteiger partial charge in [-0.2, -0.15) is 11.3 Å². The molecule has 0 saturated heterocycles. The fraction of sp³-hybridized carbons (Fsp3) is 0.375. The SMILES string of the molecule is CCCNC(c1ccsc1)C1COc2ccccc2O1. The van der Waals surface area contributed by atoms with Crippen molar-refractivity contribution in [3.63, 3.8) is 0 Å². The molecule has 3 rings (SSSR count). The summed E-state index contributed by atoms with van der Waals surface area (Å²) in [5, 5.41) is 7.86. The van der Waals surface area contributed by atoms with Crippen LogP contribution in [0.3, 0.4) is 0 Å². The van der Waals surface area contributed by atoms with E-state index in [-0.39, 0.29) is 12.1 Å². The second-order valence-corrected chi connectivity index (χ2v) is 5.68. The van der Waals surface area contributed by atoms with Crippen molar-refractivity contribution in [2.24, 2.45) is 0 Å². The van der Waals surface area contributed by atoms with Gasteiger partial charge in [0.1, 0.15) is 6.61 Å². The Morgan fingerprint density at radius 3 is 2.90 bits per heavy atom. The second-order valence-electron chi connectivity index (χ2n) is 4.90. The Bertz CT molecular complexity index is 541. The highest BCUT2D eigenvalue weighted by Crippen LogP contribution is 2.34. The molecule has 4 heteroatoms. The molecule has 106 valence electrons. The number of nitrogens with one attached hydrogen (secondary N) is 1. The average Bonchev–Trinajstić information content (AvgIpc) is 3.02. The molecule has 2 atom stereocenters. The Morgan fingerprint density at radius 2 is 2.15 bits per heavy atom. The number of fused-ring (bicyclic) bond motifs is 1. The van der Waals surface area contributed by atoms with Crippen molar-refractivity contribution in [2.45, 2.75) is 25.5 Å². The van der Waals surface area contributed by atoms with Crippen LogP contribution in [0.5, 0.6) is 11.5 Å². The minimum atomic E-state index is 0.00560. The molecule has 0 aliphatic carbocycles. The van der Waals surface area contributed by atoms with Gasteiger partial charge in [-0.05, 0) is 47.5 Å². The number of hydrogen-bond acceptors (Lipinski definition) is 4. The maximum Gasteiger partial charge on any atom is 0.161 e. The first-order chi connectivity index (χ1) is 9.88. The van der Waals surface area contributed by atoms with E-state index in [0.717, 1.165) is 24.5 Å². The van der Waals surface area contributed by atoms with Crippen LogP contribution in [0.1, 0.15) is 24.9 Å². The molecule has 1 aliphatic rings. The van der Waals surface area contributed by atoms with Crippen LogP contribution in [0.2, 0.25) is 0 Å². The molecule has 1 N–H and O–H groups in total. The van der Waals surface area contributed by atoms with E-state index in [1.807, 2.05) is 24.3 Å². The first-order valence-corrected chi connectivity index (χ1v) is 7.96. The van der Waals surface area contributed by atoms with Crippen molar-refractivity contribution in [3.05, 3.63) is 46.7 Å². The minimum absolute atomic E-state index is 0.00560. The molecule has 1 aromatic carbocycles. The molecule has 0 bridgehead atoms. The summed E-state index contributed by atoms with van der Waals surface area (Å²) in [5.74, 6) is 1.67. The van der Waals surface area contributed by atoms with E-state index in [2.05, 4.69) is 29.1 Å². The van der Waals surface area contributed by atoms with Crippen LogP contribution < -0.4 is 14.8 Å². The monoisotopic (exact) mass is 289 g/mol. The second kappa shape index (κ2) is 6.29. The standard InChI is InChI=1S/C16H19NO2S/c1-2-8-17-16(12-7-9-20-11-12)15-10-18-13-5-3-4-6-14(13)19-15/h3-7,9,11,15-17H,2,8,10H2,1H3. The number of ether oxygens (including phenoxy) is 2. The van der Waals surface area contributed by atoms with Crippen molar-refractivity contribution >= 4 is 11.3 Å². The Kier molecular flexibility index (Phi) is 4.23. The third-order valence-corrected chi connectivity index (χ3v) is 4.12. The van der Waals surface area contributed by atoms with E-state index in [1.54, 1.807) is 11.3 Å².